The number of benzene rings is 2. The molecule has 6 heteroatoms. The van der Waals surface area contributed by atoms with Gasteiger partial charge in [-0.1, -0.05) is 45.5 Å². The third-order valence-electron chi connectivity index (χ3n) is 3.89. The van der Waals surface area contributed by atoms with Gasteiger partial charge < -0.3 is 20.7 Å². The van der Waals surface area contributed by atoms with E-state index in [4.69, 9.17) is 4.74 Å². The molecule has 0 radical (unpaired) electrons. The van der Waals surface area contributed by atoms with E-state index >= 15 is 0 Å². The van der Waals surface area contributed by atoms with Crippen LogP contribution in [-0.4, -0.2) is 25.0 Å². The molecule has 0 saturated heterocycles. The summed E-state index contributed by atoms with van der Waals surface area (Å²) in [7, 11) is 0. The molecule has 0 spiro atoms. The van der Waals surface area contributed by atoms with E-state index in [9.17, 15) is 9.59 Å². The summed E-state index contributed by atoms with van der Waals surface area (Å²) in [6, 6.07) is 14.5. The highest BCUT2D eigenvalue weighted by Gasteiger charge is 2.21. The Bertz CT molecular complexity index is 885. The number of amides is 2. The normalized spacial score (nSPS) is 10.8. The molecule has 0 unspecified atom stereocenters. The zero-order chi connectivity index (χ0) is 21.4. The number of carbonyl (C=O) groups excluding carboxylic acids is 2. The minimum absolute atomic E-state index is 0.0706. The topological polar surface area (TPSA) is 79.5 Å². The average molecular weight is 396 g/mol. The first-order valence-electron chi connectivity index (χ1n) is 9.46. The molecule has 0 fully saturated rings. The number of ether oxygens (including phenoxy) is 1. The van der Waals surface area contributed by atoms with Gasteiger partial charge in [0.15, 0.2) is 0 Å². The highest BCUT2D eigenvalue weighted by atomic mass is 16.5. The number of carbonyl (C=O) groups is 2. The third-order valence-corrected chi connectivity index (χ3v) is 3.89. The van der Waals surface area contributed by atoms with Gasteiger partial charge in [-0.3, -0.25) is 9.59 Å². The SMILES string of the molecule is C=C(C)COc1ccccc1NC(=O)CNc1cccc(NC(=O)C(C)(C)C)c1. The summed E-state index contributed by atoms with van der Waals surface area (Å²) >= 11 is 0. The summed E-state index contributed by atoms with van der Waals surface area (Å²) in [5.74, 6) is 0.315. The molecular weight excluding hydrogens is 366 g/mol. The standard InChI is InChI=1S/C23H29N3O3/c1-16(2)15-29-20-12-7-6-11-19(20)26-21(27)14-24-17-9-8-10-18(13-17)25-22(28)23(3,4)5/h6-13,24H,1,14-15H2,2-5H3,(H,25,28)(H,26,27). The van der Waals surface area contributed by atoms with Crippen molar-refractivity contribution in [1.82, 2.24) is 0 Å². The van der Waals surface area contributed by atoms with Gasteiger partial charge in [0.05, 0.1) is 12.2 Å². The molecule has 2 aromatic rings. The Balaban J connectivity index is 1.94. The molecule has 0 heterocycles. The number of anilines is 3. The summed E-state index contributed by atoms with van der Waals surface area (Å²) in [4.78, 5) is 24.5. The molecule has 0 aliphatic carbocycles. The lowest BCUT2D eigenvalue weighted by Crippen LogP contribution is -2.27. The average Bonchev–Trinajstić information content (AvgIpc) is 2.65. The van der Waals surface area contributed by atoms with Gasteiger partial charge in [-0.2, -0.15) is 0 Å². The zero-order valence-electron chi connectivity index (χ0n) is 17.5. The lowest BCUT2D eigenvalue weighted by atomic mass is 9.95. The molecule has 0 atom stereocenters. The van der Waals surface area contributed by atoms with Crippen LogP contribution in [0, 0.1) is 5.41 Å². The molecule has 0 aliphatic rings. The Morgan fingerprint density at radius 2 is 1.69 bits per heavy atom. The van der Waals surface area contributed by atoms with E-state index in [0.29, 0.717) is 23.7 Å². The number of hydrogen-bond donors (Lipinski definition) is 3. The van der Waals surface area contributed by atoms with Crippen LogP contribution in [0.3, 0.4) is 0 Å². The van der Waals surface area contributed by atoms with Gasteiger partial charge in [0.2, 0.25) is 11.8 Å². The number of hydrogen-bond acceptors (Lipinski definition) is 4. The first-order chi connectivity index (χ1) is 13.6. The van der Waals surface area contributed by atoms with Crippen LogP contribution in [0.4, 0.5) is 17.1 Å². The fourth-order valence-electron chi connectivity index (χ4n) is 2.30. The van der Waals surface area contributed by atoms with Crippen LogP contribution in [0.5, 0.6) is 5.75 Å². The van der Waals surface area contributed by atoms with Crippen molar-refractivity contribution < 1.29 is 14.3 Å². The van der Waals surface area contributed by atoms with E-state index in [1.165, 1.54) is 0 Å². The van der Waals surface area contributed by atoms with Gasteiger partial charge in [-0.05, 0) is 42.8 Å². The first-order valence-corrected chi connectivity index (χ1v) is 9.46. The maximum absolute atomic E-state index is 12.4. The monoisotopic (exact) mass is 395 g/mol. The van der Waals surface area contributed by atoms with Crippen molar-refractivity contribution in [1.29, 1.82) is 0 Å². The first kappa shape index (κ1) is 22.0. The maximum atomic E-state index is 12.4. The molecule has 154 valence electrons. The molecule has 0 bridgehead atoms. The molecule has 29 heavy (non-hydrogen) atoms. The Kier molecular flexibility index (Phi) is 7.42. The van der Waals surface area contributed by atoms with Crippen molar-refractivity contribution in [2.24, 2.45) is 5.41 Å². The second-order valence-electron chi connectivity index (χ2n) is 7.93. The Morgan fingerprint density at radius 3 is 2.38 bits per heavy atom. The summed E-state index contributed by atoms with van der Waals surface area (Å²) in [5, 5.41) is 8.79. The lowest BCUT2D eigenvalue weighted by molar-refractivity contribution is -0.123. The Hall–Kier alpha value is -3.28. The minimum Gasteiger partial charge on any atom is -0.487 e. The van der Waals surface area contributed by atoms with Gasteiger partial charge in [0, 0.05) is 16.8 Å². The molecule has 2 aromatic carbocycles. The van der Waals surface area contributed by atoms with Crippen molar-refractivity contribution in [3.63, 3.8) is 0 Å². The summed E-state index contributed by atoms with van der Waals surface area (Å²) in [5.41, 5.74) is 2.42. The van der Waals surface area contributed by atoms with Gasteiger partial charge >= 0.3 is 0 Å². The molecule has 2 rings (SSSR count). The Morgan fingerprint density at radius 1 is 1.00 bits per heavy atom. The summed E-state index contributed by atoms with van der Waals surface area (Å²) < 4.78 is 5.67. The number of rotatable bonds is 8. The predicted molar refractivity (Wildman–Crippen MR) is 118 cm³/mol. The van der Waals surface area contributed by atoms with Crippen molar-refractivity contribution >= 4 is 28.9 Å². The van der Waals surface area contributed by atoms with Crippen LogP contribution >= 0.6 is 0 Å². The van der Waals surface area contributed by atoms with Crippen molar-refractivity contribution in [3.05, 3.63) is 60.7 Å². The summed E-state index contributed by atoms with van der Waals surface area (Å²) in [6.45, 7) is 11.7. The molecule has 3 N–H and O–H groups in total. The van der Waals surface area contributed by atoms with Gasteiger partial charge in [-0.15, -0.1) is 0 Å². The van der Waals surface area contributed by atoms with Crippen LogP contribution in [0.25, 0.3) is 0 Å². The van der Waals surface area contributed by atoms with E-state index in [-0.39, 0.29) is 18.4 Å². The lowest BCUT2D eigenvalue weighted by Gasteiger charge is -2.18. The van der Waals surface area contributed by atoms with Gasteiger partial charge in [0.1, 0.15) is 12.4 Å². The molecule has 0 aromatic heterocycles. The van der Waals surface area contributed by atoms with E-state index < -0.39 is 5.41 Å². The largest absolute Gasteiger partial charge is 0.487 e. The van der Waals surface area contributed by atoms with Crippen LogP contribution in [0.2, 0.25) is 0 Å². The van der Waals surface area contributed by atoms with Crippen molar-refractivity contribution in [2.45, 2.75) is 27.7 Å². The van der Waals surface area contributed by atoms with Gasteiger partial charge in [-0.25, -0.2) is 0 Å². The van der Waals surface area contributed by atoms with E-state index in [0.717, 1.165) is 11.3 Å². The van der Waals surface area contributed by atoms with Crippen LogP contribution in [-0.2, 0) is 9.59 Å². The molecule has 0 aliphatic heterocycles. The number of para-hydroxylation sites is 2. The highest BCUT2D eigenvalue weighted by molar-refractivity contribution is 5.96. The van der Waals surface area contributed by atoms with Gasteiger partial charge in [0.25, 0.3) is 0 Å². The van der Waals surface area contributed by atoms with Crippen LogP contribution in [0.15, 0.2) is 60.7 Å². The quantitative estimate of drug-likeness (QED) is 0.567. The molecule has 2 amide bonds. The minimum atomic E-state index is -0.483. The van der Waals surface area contributed by atoms with E-state index in [1.54, 1.807) is 18.2 Å². The van der Waals surface area contributed by atoms with Crippen molar-refractivity contribution in [2.75, 3.05) is 29.1 Å². The third kappa shape index (κ3) is 7.33. The van der Waals surface area contributed by atoms with Crippen LogP contribution < -0.4 is 20.7 Å². The molecule has 6 nitrogen and oxygen atoms in total. The van der Waals surface area contributed by atoms with E-state index in [1.807, 2.05) is 58.0 Å². The summed E-state index contributed by atoms with van der Waals surface area (Å²) in [6.07, 6.45) is 0. The zero-order valence-corrected chi connectivity index (χ0v) is 17.5. The number of nitrogens with one attached hydrogen (secondary N) is 3. The van der Waals surface area contributed by atoms with Crippen molar-refractivity contribution in [3.8, 4) is 5.75 Å². The smallest absolute Gasteiger partial charge is 0.243 e. The fourth-order valence-corrected chi connectivity index (χ4v) is 2.30. The second-order valence-corrected chi connectivity index (χ2v) is 7.93. The predicted octanol–water partition coefficient (Wildman–Crippen LogP) is 4.68. The second kappa shape index (κ2) is 9.78. The molecular formula is C23H29N3O3. The highest BCUT2D eigenvalue weighted by Crippen LogP contribution is 2.24. The van der Waals surface area contributed by atoms with E-state index in [2.05, 4.69) is 22.5 Å². The fraction of sp³-hybridized carbons (Fsp3) is 0.304. The maximum Gasteiger partial charge on any atom is 0.243 e. The van der Waals surface area contributed by atoms with Crippen LogP contribution in [0.1, 0.15) is 27.7 Å². The Labute approximate surface area is 172 Å². The molecule has 0 saturated carbocycles.